The lowest BCUT2D eigenvalue weighted by Crippen LogP contribution is -2.13. The van der Waals surface area contributed by atoms with Gasteiger partial charge in [0.1, 0.15) is 0 Å². The van der Waals surface area contributed by atoms with Crippen LogP contribution in [0, 0.1) is 0 Å². The highest BCUT2D eigenvalue weighted by Gasteiger charge is 2.18. The van der Waals surface area contributed by atoms with Crippen molar-refractivity contribution in [1.82, 2.24) is 9.78 Å². The maximum Gasteiger partial charge on any atom is 0.224 e. The van der Waals surface area contributed by atoms with Gasteiger partial charge in [0.15, 0.2) is 0 Å². The largest absolute Gasteiger partial charge is 0.325 e. The summed E-state index contributed by atoms with van der Waals surface area (Å²) in [6.45, 7) is 0. The second-order valence-corrected chi connectivity index (χ2v) is 8.54. The summed E-state index contributed by atoms with van der Waals surface area (Å²) in [5, 5.41) is 8.19. The van der Waals surface area contributed by atoms with E-state index in [2.05, 4.69) is 16.5 Å². The van der Waals surface area contributed by atoms with Crippen molar-refractivity contribution in [3.63, 3.8) is 0 Å². The van der Waals surface area contributed by atoms with E-state index in [0.29, 0.717) is 18.1 Å². The fraction of sp³-hybridized carbons (Fsp3) is 0.304. The fourth-order valence-electron chi connectivity index (χ4n) is 3.54. The molecule has 0 atom stereocenters. The molecule has 28 heavy (non-hydrogen) atoms. The zero-order valence-electron chi connectivity index (χ0n) is 15.9. The number of nitrogens with one attached hydrogen (secondary N) is 1. The van der Waals surface area contributed by atoms with Crippen molar-refractivity contribution >= 4 is 23.4 Å². The highest BCUT2D eigenvalue weighted by atomic mass is 32.2. The third-order valence-corrected chi connectivity index (χ3v) is 6.47. The van der Waals surface area contributed by atoms with E-state index >= 15 is 0 Å². The smallest absolute Gasteiger partial charge is 0.224 e. The molecule has 1 saturated carbocycles. The van der Waals surface area contributed by atoms with Gasteiger partial charge in [-0.1, -0.05) is 43.2 Å². The molecule has 1 aliphatic carbocycles. The molecule has 1 aromatic heterocycles. The minimum atomic E-state index is 0.0481. The third-order valence-electron chi connectivity index (χ3n) is 5.05. The minimum absolute atomic E-state index is 0.0481. The summed E-state index contributed by atoms with van der Waals surface area (Å²) < 4.78 is 1.85. The molecule has 0 saturated heterocycles. The number of amides is 1. The number of anilines is 1. The summed E-state index contributed by atoms with van der Waals surface area (Å²) in [5.41, 5.74) is 3.02. The van der Waals surface area contributed by atoms with Gasteiger partial charge in [0.05, 0.1) is 17.6 Å². The quantitative estimate of drug-likeness (QED) is 0.580. The molecule has 5 heteroatoms. The number of hydrogen-bond acceptors (Lipinski definition) is 3. The van der Waals surface area contributed by atoms with Crippen LogP contribution in [0.5, 0.6) is 0 Å². The lowest BCUT2D eigenvalue weighted by atomic mass is 10.2. The molecule has 1 heterocycles. The van der Waals surface area contributed by atoms with Gasteiger partial charge in [-0.15, -0.1) is 11.8 Å². The molecule has 0 spiro atoms. The number of aryl methyl sites for hydroxylation is 1. The first-order chi connectivity index (χ1) is 13.8. The molecule has 4 nitrogen and oxygen atoms in total. The molecule has 1 N–H and O–H groups in total. The van der Waals surface area contributed by atoms with Gasteiger partial charge in [-0.05, 0) is 49.1 Å². The first kappa shape index (κ1) is 18.8. The number of thioether (sulfide) groups is 1. The molecule has 0 unspecified atom stereocenters. The lowest BCUT2D eigenvalue weighted by Gasteiger charge is -2.14. The Kier molecular flexibility index (Phi) is 6.12. The SMILES string of the molecule is O=C(CCc1cnn(-c2ccccc2)c1)Nc1ccccc1SC1CCCC1. The van der Waals surface area contributed by atoms with Gasteiger partial charge in [-0.3, -0.25) is 4.79 Å². The molecule has 2 aromatic carbocycles. The van der Waals surface area contributed by atoms with Crippen molar-refractivity contribution in [3.8, 4) is 5.69 Å². The first-order valence-electron chi connectivity index (χ1n) is 9.92. The van der Waals surface area contributed by atoms with E-state index in [1.807, 2.05) is 77.4 Å². The number of rotatable bonds is 7. The molecular formula is C23H25N3OS. The van der Waals surface area contributed by atoms with Crippen LogP contribution in [0.2, 0.25) is 0 Å². The van der Waals surface area contributed by atoms with Crippen molar-refractivity contribution in [2.24, 2.45) is 0 Å². The average Bonchev–Trinajstić information content (AvgIpc) is 3.41. The van der Waals surface area contributed by atoms with E-state index in [-0.39, 0.29) is 5.91 Å². The third kappa shape index (κ3) is 4.84. The van der Waals surface area contributed by atoms with Crippen molar-refractivity contribution in [2.75, 3.05) is 5.32 Å². The normalized spacial score (nSPS) is 14.3. The van der Waals surface area contributed by atoms with Crippen LogP contribution in [0.15, 0.2) is 71.9 Å². The van der Waals surface area contributed by atoms with Gasteiger partial charge in [0, 0.05) is 22.8 Å². The number of carbonyl (C=O) groups is 1. The number of nitrogens with zero attached hydrogens (tertiary/aromatic N) is 2. The lowest BCUT2D eigenvalue weighted by molar-refractivity contribution is -0.116. The molecule has 0 radical (unpaired) electrons. The van der Waals surface area contributed by atoms with Crippen LogP contribution in [0.1, 0.15) is 37.7 Å². The van der Waals surface area contributed by atoms with Gasteiger partial charge in [0.25, 0.3) is 0 Å². The maximum absolute atomic E-state index is 12.5. The molecular weight excluding hydrogens is 366 g/mol. The van der Waals surface area contributed by atoms with E-state index < -0.39 is 0 Å². The Morgan fingerprint density at radius 3 is 2.64 bits per heavy atom. The highest BCUT2D eigenvalue weighted by molar-refractivity contribution is 8.00. The van der Waals surface area contributed by atoms with Crippen LogP contribution in [-0.4, -0.2) is 20.9 Å². The maximum atomic E-state index is 12.5. The molecule has 1 amide bonds. The molecule has 3 aromatic rings. The van der Waals surface area contributed by atoms with Crippen molar-refractivity contribution < 1.29 is 4.79 Å². The Hall–Kier alpha value is -2.53. The minimum Gasteiger partial charge on any atom is -0.325 e. The number of hydrogen-bond donors (Lipinski definition) is 1. The Bertz CT molecular complexity index is 916. The summed E-state index contributed by atoms with van der Waals surface area (Å²) in [4.78, 5) is 13.7. The Balaban J connectivity index is 1.33. The van der Waals surface area contributed by atoms with Crippen LogP contribution in [0.4, 0.5) is 5.69 Å². The van der Waals surface area contributed by atoms with Crippen molar-refractivity contribution in [3.05, 3.63) is 72.6 Å². The van der Waals surface area contributed by atoms with Gasteiger partial charge in [-0.25, -0.2) is 4.68 Å². The van der Waals surface area contributed by atoms with Crippen LogP contribution < -0.4 is 5.32 Å². The van der Waals surface area contributed by atoms with Gasteiger partial charge in [0.2, 0.25) is 5.91 Å². The number of para-hydroxylation sites is 2. The topological polar surface area (TPSA) is 46.9 Å². The Labute approximate surface area is 170 Å². The summed E-state index contributed by atoms with van der Waals surface area (Å²) >= 11 is 1.91. The van der Waals surface area contributed by atoms with Gasteiger partial charge < -0.3 is 5.32 Å². The number of carbonyl (C=O) groups excluding carboxylic acids is 1. The predicted molar refractivity (Wildman–Crippen MR) is 115 cm³/mol. The Morgan fingerprint density at radius 1 is 1.07 bits per heavy atom. The molecule has 0 aliphatic heterocycles. The van der Waals surface area contributed by atoms with E-state index in [4.69, 9.17) is 0 Å². The zero-order valence-corrected chi connectivity index (χ0v) is 16.7. The van der Waals surface area contributed by atoms with Crippen LogP contribution in [0.25, 0.3) is 5.69 Å². The standard InChI is InChI=1S/C23H25N3OS/c27-23(15-14-18-16-24-26(17-18)19-8-2-1-3-9-19)25-21-12-6-7-13-22(21)28-20-10-4-5-11-20/h1-3,6-9,12-13,16-17,20H,4-5,10-11,14-15H2,(H,25,27). The average molecular weight is 392 g/mol. The van der Waals surface area contributed by atoms with E-state index in [0.717, 1.165) is 16.9 Å². The molecule has 4 rings (SSSR count). The van der Waals surface area contributed by atoms with Crippen LogP contribution in [-0.2, 0) is 11.2 Å². The number of benzene rings is 2. The second-order valence-electron chi connectivity index (χ2n) is 7.20. The van der Waals surface area contributed by atoms with E-state index in [9.17, 15) is 4.79 Å². The molecule has 1 aliphatic rings. The highest BCUT2D eigenvalue weighted by Crippen LogP contribution is 2.38. The molecule has 0 bridgehead atoms. The zero-order chi connectivity index (χ0) is 19.2. The van der Waals surface area contributed by atoms with E-state index in [1.165, 1.54) is 30.6 Å². The first-order valence-corrected chi connectivity index (χ1v) is 10.8. The number of aromatic nitrogens is 2. The van der Waals surface area contributed by atoms with Crippen molar-refractivity contribution in [1.29, 1.82) is 0 Å². The van der Waals surface area contributed by atoms with E-state index in [1.54, 1.807) is 0 Å². The fourth-order valence-corrected chi connectivity index (χ4v) is 4.87. The predicted octanol–water partition coefficient (Wildman–Crippen LogP) is 5.48. The second kappa shape index (κ2) is 9.11. The monoisotopic (exact) mass is 391 g/mol. The van der Waals surface area contributed by atoms with Gasteiger partial charge in [-0.2, -0.15) is 5.10 Å². The molecule has 1 fully saturated rings. The summed E-state index contributed by atoms with van der Waals surface area (Å²) in [7, 11) is 0. The molecule has 144 valence electrons. The Morgan fingerprint density at radius 2 is 1.82 bits per heavy atom. The summed E-state index contributed by atoms with van der Waals surface area (Å²) in [6, 6.07) is 18.1. The van der Waals surface area contributed by atoms with Crippen LogP contribution >= 0.6 is 11.8 Å². The van der Waals surface area contributed by atoms with Gasteiger partial charge >= 0.3 is 0 Å². The summed E-state index contributed by atoms with van der Waals surface area (Å²) in [5.74, 6) is 0.0481. The van der Waals surface area contributed by atoms with Crippen LogP contribution in [0.3, 0.4) is 0 Å². The summed E-state index contributed by atoms with van der Waals surface area (Å²) in [6.07, 6.45) is 10.2. The van der Waals surface area contributed by atoms with Crippen molar-refractivity contribution in [2.45, 2.75) is 48.7 Å².